The van der Waals surface area contributed by atoms with Gasteiger partial charge in [0.25, 0.3) is 5.91 Å². The van der Waals surface area contributed by atoms with E-state index in [1.54, 1.807) is 19.5 Å². The number of carbonyl (C=O) groups is 1. The van der Waals surface area contributed by atoms with Gasteiger partial charge in [-0.25, -0.2) is 9.67 Å². The lowest BCUT2D eigenvalue weighted by molar-refractivity contribution is 0.0904. The van der Waals surface area contributed by atoms with E-state index in [2.05, 4.69) is 20.7 Å². The van der Waals surface area contributed by atoms with Crippen LogP contribution in [0.15, 0.2) is 30.6 Å². The molecule has 9 heteroatoms. The molecular formula is C27H35N5O4. The summed E-state index contributed by atoms with van der Waals surface area (Å²) < 4.78 is 19.1. The van der Waals surface area contributed by atoms with Crippen molar-refractivity contribution in [1.82, 2.24) is 20.1 Å². The molecule has 0 radical (unpaired) electrons. The van der Waals surface area contributed by atoms with Gasteiger partial charge in [0.15, 0.2) is 17.1 Å². The highest BCUT2D eigenvalue weighted by atomic mass is 16.5. The highest BCUT2D eigenvalue weighted by molar-refractivity contribution is 6.06. The molecule has 36 heavy (non-hydrogen) atoms. The minimum absolute atomic E-state index is 0.183. The molecule has 192 valence electrons. The Morgan fingerprint density at radius 1 is 1.14 bits per heavy atom. The van der Waals surface area contributed by atoms with Crippen LogP contribution in [0.1, 0.15) is 61.4 Å². The number of fused-ring (bicyclic) bond motifs is 1. The summed E-state index contributed by atoms with van der Waals surface area (Å²) in [6.07, 6.45) is 9.98. The predicted octanol–water partition coefficient (Wildman–Crippen LogP) is 4.30. The number of nitrogens with one attached hydrogen (secondary N) is 2. The quantitative estimate of drug-likeness (QED) is 0.458. The molecule has 3 heterocycles. The Bertz CT molecular complexity index is 1200. The summed E-state index contributed by atoms with van der Waals surface area (Å²) >= 11 is 0. The largest absolute Gasteiger partial charge is 0.493 e. The zero-order chi connectivity index (χ0) is 24.9. The molecule has 1 saturated carbocycles. The number of anilines is 1. The van der Waals surface area contributed by atoms with E-state index in [0.717, 1.165) is 53.7 Å². The van der Waals surface area contributed by atoms with Crippen LogP contribution in [0.4, 0.5) is 5.69 Å². The van der Waals surface area contributed by atoms with Gasteiger partial charge in [0.1, 0.15) is 0 Å². The second-order valence-electron chi connectivity index (χ2n) is 9.47. The maximum absolute atomic E-state index is 13.4. The number of hydrogen-bond donors (Lipinski definition) is 2. The van der Waals surface area contributed by atoms with E-state index in [1.807, 2.05) is 29.8 Å². The van der Waals surface area contributed by atoms with Gasteiger partial charge in [-0.15, -0.1) is 0 Å². The average Bonchev–Trinajstić information content (AvgIpc) is 3.58. The van der Waals surface area contributed by atoms with Gasteiger partial charge in [0.2, 0.25) is 0 Å². The Morgan fingerprint density at radius 2 is 1.94 bits per heavy atom. The van der Waals surface area contributed by atoms with Crippen molar-refractivity contribution < 1.29 is 19.0 Å². The number of hydrogen-bond acceptors (Lipinski definition) is 7. The SMILES string of the molecule is CCn1ncc2c(NC3CCOCC3)c(C(=O)NCc3ccc(OC)c(OC4CCCC4)c3)cnc21. The summed E-state index contributed by atoms with van der Waals surface area (Å²) in [4.78, 5) is 18.0. The highest BCUT2D eigenvalue weighted by Gasteiger charge is 2.23. The molecule has 1 aliphatic heterocycles. The summed E-state index contributed by atoms with van der Waals surface area (Å²) in [5.41, 5.74) is 3.01. The molecule has 1 aliphatic carbocycles. The van der Waals surface area contributed by atoms with E-state index in [-0.39, 0.29) is 18.1 Å². The van der Waals surface area contributed by atoms with E-state index in [4.69, 9.17) is 14.2 Å². The molecule has 3 aromatic rings. The summed E-state index contributed by atoms with van der Waals surface area (Å²) in [5, 5.41) is 12.0. The van der Waals surface area contributed by atoms with Crippen LogP contribution in [-0.2, 0) is 17.8 Å². The van der Waals surface area contributed by atoms with E-state index < -0.39 is 0 Å². The minimum atomic E-state index is -0.183. The molecule has 0 spiro atoms. The van der Waals surface area contributed by atoms with Crippen molar-refractivity contribution in [2.24, 2.45) is 0 Å². The fourth-order valence-corrected chi connectivity index (χ4v) is 5.02. The topological polar surface area (TPSA) is 99.5 Å². The van der Waals surface area contributed by atoms with E-state index in [1.165, 1.54) is 12.8 Å². The molecule has 1 saturated heterocycles. The van der Waals surface area contributed by atoms with Gasteiger partial charge in [0.05, 0.1) is 36.0 Å². The zero-order valence-corrected chi connectivity index (χ0v) is 21.1. The Labute approximate surface area is 211 Å². The second-order valence-corrected chi connectivity index (χ2v) is 9.47. The molecule has 2 aromatic heterocycles. The number of aryl methyl sites for hydroxylation is 1. The number of ether oxygens (including phenoxy) is 3. The van der Waals surface area contributed by atoms with Crippen LogP contribution in [0.25, 0.3) is 11.0 Å². The molecule has 0 bridgehead atoms. The Morgan fingerprint density at radius 3 is 2.69 bits per heavy atom. The third-order valence-electron chi connectivity index (χ3n) is 7.06. The number of methoxy groups -OCH3 is 1. The molecule has 1 aromatic carbocycles. The van der Waals surface area contributed by atoms with Gasteiger partial charge >= 0.3 is 0 Å². The van der Waals surface area contributed by atoms with Crippen LogP contribution in [0.5, 0.6) is 11.5 Å². The van der Waals surface area contributed by atoms with E-state index in [0.29, 0.717) is 37.6 Å². The number of aromatic nitrogens is 3. The molecule has 0 unspecified atom stereocenters. The Balaban J connectivity index is 1.35. The molecule has 0 atom stereocenters. The number of rotatable bonds is 9. The fourth-order valence-electron chi connectivity index (χ4n) is 5.02. The van der Waals surface area contributed by atoms with Gasteiger partial charge in [-0.1, -0.05) is 6.07 Å². The molecular weight excluding hydrogens is 458 g/mol. The lowest BCUT2D eigenvalue weighted by Crippen LogP contribution is -2.30. The van der Waals surface area contributed by atoms with Crippen molar-refractivity contribution in [3.05, 3.63) is 41.7 Å². The summed E-state index contributed by atoms with van der Waals surface area (Å²) in [7, 11) is 1.65. The van der Waals surface area contributed by atoms with Crippen molar-refractivity contribution in [3.8, 4) is 11.5 Å². The van der Waals surface area contributed by atoms with Gasteiger partial charge in [-0.2, -0.15) is 5.10 Å². The number of pyridine rings is 1. The number of carbonyl (C=O) groups excluding carboxylic acids is 1. The minimum Gasteiger partial charge on any atom is -0.493 e. The molecule has 2 N–H and O–H groups in total. The number of nitrogens with zero attached hydrogens (tertiary/aromatic N) is 3. The maximum Gasteiger partial charge on any atom is 0.255 e. The predicted molar refractivity (Wildman–Crippen MR) is 138 cm³/mol. The molecule has 2 fully saturated rings. The summed E-state index contributed by atoms with van der Waals surface area (Å²) in [5.74, 6) is 1.26. The molecule has 1 amide bonds. The van der Waals surface area contributed by atoms with E-state index >= 15 is 0 Å². The fraction of sp³-hybridized carbons (Fsp3) is 0.519. The van der Waals surface area contributed by atoms with Gasteiger partial charge < -0.3 is 24.8 Å². The third-order valence-corrected chi connectivity index (χ3v) is 7.06. The van der Waals surface area contributed by atoms with Crippen LogP contribution in [0.3, 0.4) is 0 Å². The van der Waals surface area contributed by atoms with Crippen LogP contribution >= 0.6 is 0 Å². The average molecular weight is 494 g/mol. The van der Waals surface area contributed by atoms with Gasteiger partial charge in [-0.3, -0.25) is 4.79 Å². The van der Waals surface area contributed by atoms with Crippen molar-refractivity contribution in [1.29, 1.82) is 0 Å². The monoisotopic (exact) mass is 493 g/mol. The van der Waals surface area contributed by atoms with Crippen LogP contribution in [0.2, 0.25) is 0 Å². The lowest BCUT2D eigenvalue weighted by Gasteiger charge is -2.25. The normalized spacial score (nSPS) is 16.8. The maximum atomic E-state index is 13.4. The first-order chi connectivity index (χ1) is 17.7. The standard InChI is InChI=1S/C27H35N5O4/c1-3-32-26-21(17-30-32)25(31-19-10-12-35-13-11-19)22(16-28-26)27(33)29-15-18-8-9-23(34-2)24(14-18)36-20-6-4-5-7-20/h8-9,14,16-17,19-20H,3-7,10-13,15H2,1-2H3,(H,28,31)(H,29,33). The number of amides is 1. The second kappa shape index (κ2) is 11.2. The van der Waals surface area contributed by atoms with Crippen molar-refractivity contribution in [3.63, 3.8) is 0 Å². The van der Waals surface area contributed by atoms with Gasteiger partial charge in [0, 0.05) is 38.5 Å². The van der Waals surface area contributed by atoms with Crippen molar-refractivity contribution in [2.75, 3.05) is 25.6 Å². The van der Waals surface area contributed by atoms with Crippen LogP contribution in [0, 0.1) is 0 Å². The lowest BCUT2D eigenvalue weighted by atomic mass is 10.1. The van der Waals surface area contributed by atoms with Gasteiger partial charge in [-0.05, 0) is 63.1 Å². The van der Waals surface area contributed by atoms with Crippen molar-refractivity contribution in [2.45, 2.75) is 70.7 Å². The third kappa shape index (κ3) is 5.26. The molecule has 9 nitrogen and oxygen atoms in total. The summed E-state index contributed by atoms with van der Waals surface area (Å²) in [6, 6.07) is 6.05. The highest BCUT2D eigenvalue weighted by Crippen LogP contribution is 2.33. The zero-order valence-electron chi connectivity index (χ0n) is 21.1. The first-order valence-electron chi connectivity index (χ1n) is 13.0. The molecule has 5 rings (SSSR count). The number of benzene rings is 1. The van der Waals surface area contributed by atoms with Crippen LogP contribution in [-0.4, -0.2) is 53.1 Å². The summed E-state index contributed by atoms with van der Waals surface area (Å²) in [6.45, 7) is 4.53. The Kier molecular flexibility index (Phi) is 7.55. The molecule has 2 aliphatic rings. The van der Waals surface area contributed by atoms with Crippen LogP contribution < -0.4 is 20.1 Å². The first-order valence-corrected chi connectivity index (χ1v) is 13.0. The first kappa shape index (κ1) is 24.4. The smallest absolute Gasteiger partial charge is 0.255 e. The van der Waals surface area contributed by atoms with E-state index in [9.17, 15) is 4.79 Å². The Hall–Kier alpha value is -3.33. The van der Waals surface area contributed by atoms with Crippen molar-refractivity contribution >= 4 is 22.6 Å².